The van der Waals surface area contributed by atoms with Gasteiger partial charge in [-0.2, -0.15) is 5.26 Å². The number of imidazole rings is 2. The van der Waals surface area contributed by atoms with Crippen molar-refractivity contribution in [2.24, 2.45) is 0 Å². The normalized spacial score (nSPS) is 11.2. The molecule has 0 saturated carbocycles. The number of hydrogen-bond acceptors (Lipinski definition) is 4. The van der Waals surface area contributed by atoms with Crippen molar-refractivity contribution in [1.29, 1.82) is 5.26 Å². The molecule has 0 aliphatic carbocycles. The van der Waals surface area contributed by atoms with Crippen molar-refractivity contribution in [1.82, 2.24) is 19.1 Å². The van der Waals surface area contributed by atoms with E-state index in [1.54, 1.807) is 23.0 Å². The third kappa shape index (κ3) is 2.99. The number of nitrogens with one attached hydrogen (secondary N) is 1. The number of nitrogens with zero attached hydrogens (tertiary/aromatic N) is 5. The van der Waals surface area contributed by atoms with Gasteiger partial charge in [-0.1, -0.05) is 6.07 Å². The van der Waals surface area contributed by atoms with Crippen molar-refractivity contribution < 1.29 is 4.79 Å². The molecular formula is C21H20N6O. The number of carbonyl (C=O) groups is 1. The molecule has 0 fully saturated rings. The van der Waals surface area contributed by atoms with E-state index in [0.717, 1.165) is 16.9 Å². The first-order chi connectivity index (χ1) is 13.5. The lowest BCUT2D eigenvalue weighted by molar-refractivity contribution is -0.116. The molecule has 0 atom stereocenters. The zero-order valence-corrected chi connectivity index (χ0v) is 16.0. The molecule has 0 spiro atoms. The number of aryl methyl sites for hydroxylation is 1. The lowest BCUT2D eigenvalue weighted by Gasteiger charge is -2.11. The maximum Gasteiger partial charge on any atom is 0.244 e. The first-order valence-electron chi connectivity index (χ1n) is 9.10. The standard InChI is InChI=1S/C21H20N6O/c1-13(2)27-14(3)24-18-9-16(7-8-19(18)27)25-20(28)11-26-12-23-17-6-4-5-15(10-22)21(17)26/h4-9,12-13H,11H2,1-3H3,(H,25,28). The van der Waals surface area contributed by atoms with Gasteiger partial charge < -0.3 is 14.5 Å². The number of para-hydroxylation sites is 1. The van der Waals surface area contributed by atoms with Crippen molar-refractivity contribution >= 4 is 33.7 Å². The Kier molecular flexibility index (Phi) is 4.32. The van der Waals surface area contributed by atoms with E-state index in [0.29, 0.717) is 28.3 Å². The first-order valence-corrected chi connectivity index (χ1v) is 9.10. The van der Waals surface area contributed by atoms with Crippen molar-refractivity contribution in [3.8, 4) is 6.07 Å². The minimum absolute atomic E-state index is 0.0761. The van der Waals surface area contributed by atoms with E-state index in [4.69, 9.17) is 0 Å². The number of nitriles is 1. The zero-order chi connectivity index (χ0) is 19.8. The van der Waals surface area contributed by atoms with E-state index >= 15 is 0 Å². The van der Waals surface area contributed by atoms with Crippen LogP contribution in [-0.4, -0.2) is 25.0 Å². The fourth-order valence-corrected chi connectivity index (χ4v) is 3.64. The summed E-state index contributed by atoms with van der Waals surface area (Å²) in [7, 11) is 0. The van der Waals surface area contributed by atoms with Crippen LogP contribution in [0, 0.1) is 18.3 Å². The number of anilines is 1. The molecule has 1 N–H and O–H groups in total. The van der Waals surface area contributed by atoms with Gasteiger partial charge in [-0.3, -0.25) is 4.79 Å². The molecule has 1 amide bonds. The maximum absolute atomic E-state index is 12.6. The predicted octanol–water partition coefficient (Wildman–Crippen LogP) is 3.79. The Balaban J connectivity index is 1.59. The van der Waals surface area contributed by atoms with Crippen LogP contribution >= 0.6 is 0 Å². The van der Waals surface area contributed by atoms with Crippen molar-refractivity contribution in [3.05, 3.63) is 54.1 Å². The molecule has 140 valence electrons. The molecule has 0 bridgehead atoms. The summed E-state index contributed by atoms with van der Waals surface area (Å²) in [5.41, 5.74) is 4.45. The Hall–Kier alpha value is -3.66. The van der Waals surface area contributed by atoms with Gasteiger partial charge in [0.05, 0.1) is 34.0 Å². The molecule has 0 unspecified atom stereocenters. The molecule has 0 aliphatic heterocycles. The van der Waals surface area contributed by atoms with Gasteiger partial charge >= 0.3 is 0 Å². The molecule has 7 heteroatoms. The predicted molar refractivity (Wildman–Crippen MR) is 108 cm³/mol. The number of fused-ring (bicyclic) bond motifs is 2. The van der Waals surface area contributed by atoms with E-state index in [2.05, 4.69) is 39.8 Å². The van der Waals surface area contributed by atoms with Gasteiger partial charge in [0.25, 0.3) is 0 Å². The highest BCUT2D eigenvalue weighted by molar-refractivity contribution is 5.94. The second-order valence-electron chi connectivity index (χ2n) is 7.03. The topological polar surface area (TPSA) is 88.5 Å². The average Bonchev–Trinajstić information content (AvgIpc) is 3.21. The van der Waals surface area contributed by atoms with E-state index in [1.807, 2.05) is 31.2 Å². The quantitative estimate of drug-likeness (QED) is 0.590. The molecule has 28 heavy (non-hydrogen) atoms. The zero-order valence-electron chi connectivity index (χ0n) is 16.0. The number of carbonyl (C=O) groups excluding carboxylic acids is 1. The van der Waals surface area contributed by atoms with E-state index < -0.39 is 0 Å². The van der Waals surface area contributed by atoms with Gasteiger partial charge in [0.2, 0.25) is 5.91 Å². The highest BCUT2D eigenvalue weighted by Gasteiger charge is 2.13. The van der Waals surface area contributed by atoms with Crippen LogP contribution in [0.15, 0.2) is 42.7 Å². The van der Waals surface area contributed by atoms with Gasteiger partial charge in [0, 0.05) is 11.7 Å². The summed E-state index contributed by atoms with van der Waals surface area (Å²) >= 11 is 0. The van der Waals surface area contributed by atoms with Gasteiger partial charge in [0.15, 0.2) is 0 Å². The highest BCUT2D eigenvalue weighted by atomic mass is 16.1. The Morgan fingerprint density at radius 1 is 1.25 bits per heavy atom. The molecule has 4 aromatic rings. The van der Waals surface area contributed by atoms with Crippen LogP contribution in [0.5, 0.6) is 0 Å². The van der Waals surface area contributed by atoms with Gasteiger partial charge in [-0.05, 0) is 51.1 Å². The first kappa shape index (κ1) is 17.7. The lowest BCUT2D eigenvalue weighted by atomic mass is 10.2. The van der Waals surface area contributed by atoms with Crippen molar-refractivity contribution in [2.45, 2.75) is 33.4 Å². The summed E-state index contributed by atoms with van der Waals surface area (Å²) in [5, 5.41) is 12.2. The van der Waals surface area contributed by atoms with Gasteiger partial charge in [0.1, 0.15) is 18.4 Å². The summed E-state index contributed by atoms with van der Waals surface area (Å²) < 4.78 is 3.86. The van der Waals surface area contributed by atoms with E-state index in [9.17, 15) is 10.1 Å². The van der Waals surface area contributed by atoms with Crippen LogP contribution < -0.4 is 5.32 Å². The number of amides is 1. The second-order valence-corrected chi connectivity index (χ2v) is 7.03. The molecule has 0 radical (unpaired) electrons. The summed E-state index contributed by atoms with van der Waals surface area (Å²) in [5.74, 6) is 0.758. The fraction of sp³-hybridized carbons (Fsp3) is 0.238. The summed E-state index contributed by atoms with van der Waals surface area (Å²) in [6.07, 6.45) is 1.59. The molecule has 4 rings (SSSR count). The van der Waals surface area contributed by atoms with E-state index in [-0.39, 0.29) is 12.5 Å². The van der Waals surface area contributed by atoms with Crippen LogP contribution in [0.4, 0.5) is 5.69 Å². The third-order valence-electron chi connectivity index (χ3n) is 4.74. The molecular weight excluding hydrogens is 352 g/mol. The Bertz CT molecular complexity index is 1240. The Morgan fingerprint density at radius 2 is 2.07 bits per heavy atom. The minimum Gasteiger partial charge on any atom is -0.326 e. The minimum atomic E-state index is -0.189. The molecule has 7 nitrogen and oxygen atoms in total. The van der Waals surface area contributed by atoms with Gasteiger partial charge in [-0.25, -0.2) is 9.97 Å². The molecule has 2 aromatic carbocycles. The molecule has 0 aliphatic rings. The Morgan fingerprint density at radius 3 is 2.82 bits per heavy atom. The number of rotatable bonds is 4. The largest absolute Gasteiger partial charge is 0.326 e. The van der Waals surface area contributed by atoms with Crippen molar-refractivity contribution in [2.75, 3.05) is 5.32 Å². The lowest BCUT2D eigenvalue weighted by Crippen LogP contribution is -2.18. The van der Waals surface area contributed by atoms with Crippen LogP contribution in [-0.2, 0) is 11.3 Å². The Labute approximate surface area is 162 Å². The monoisotopic (exact) mass is 372 g/mol. The fourth-order valence-electron chi connectivity index (χ4n) is 3.64. The third-order valence-corrected chi connectivity index (χ3v) is 4.74. The number of benzene rings is 2. The second kappa shape index (κ2) is 6.82. The van der Waals surface area contributed by atoms with Crippen LogP contribution in [0.25, 0.3) is 22.1 Å². The van der Waals surface area contributed by atoms with Crippen LogP contribution in [0.3, 0.4) is 0 Å². The molecule has 2 aromatic heterocycles. The highest BCUT2D eigenvalue weighted by Crippen LogP contribution is 2.24. The molecule has 0 saturated heterocycles. The average molecular weight is 372 g/mol. The smallest absolute Gasteiger partial charge is 0.244 e. The summed E-state index contributed by atoms with van der Waals surface area (Å²) in [6.45, 7) is 6.30. The van der Waals surface area contributed by atoms with Gasteiger partial charge in [-0.15, -0.1) is 0 Å². The number of aromatic nitrogens is 4. The summed E-state index contributed by atoms with van der Waals surface area (Å²) in [4.78, 5) is 21.4. The molecule has 2 heterocycles. The van der Waals surface area contributed by atoms with Crippen molar-refractivity contribution in [3.63, 3.8) is 0 Å². The maximum atomic E-state index is 12.6. The SMILES string of the molecule is Cc1nc2cc(NC(=O)Cn3cnc4cccc(C#N)c43)ccc2n1C(C)C. The van der Waals surface area contributed by atoms with E-state index in [1.165, 1.54) is 0 Å². The summed E-state index contributed by atoms with van der Waals surface area (Å²) in [6, 6.07) is 13.5. The number of hydrogen-bond donors (Lipinski definition) is 1. The van der Waals surface area contributed by atoms with Crippen LogP contribution in [0.2, 0.25) is 0 Å². The van der Waals surface area contributed by atoms with Crippen LogP contribution in [0.1, 0.15) is 31.3 Å².